The third-order valence-corrected chi connectivity index (χ3v) is 5.73. The molecule has 1 atom stereocenters. The lowest BCUT2D eigenvalue weighted by atomic mass is 9.78. The minimum absolute atomic E-state index is 0.0308. The van der Waals surface area contributed by atoms with Gasteiger partial charge in [-0.1, -0.05) is 38.1 Å². The summed E-state index contributed by atoms with van der Waals surface area (Å²) in [5.74, 6) is 1.25. The first-order valence-electron chi connectivity index (χ1n) is 9.13. The second-order valence-electron chi connectivity index (χ2n) is 8.18. The Morgan fingerprint density at radius 3 is 2.12 bits per heavy atom. The molecule has 0 fully saturated rings. The zero-order valence-corrected chi connectivity index (χ0v) is 16.6. The van der Waals surface area contributed by atoms with Crippen LogP contribution in [0.3, 0.4) is 0 Å². The molecule has 2 aromatic carbocycles. The second kappa shape index (κ2) is 6.11. The van der Waals surface area contributed by atoms with E-state index >= 15 is 0 Å². The summed E-state index contributed by atoms with van der Waals surface area (Å²) in [7, 11) is 0. The molecule has 26 heavy (non-hydrogen) atoms. The largest absolute Gasteiger partial charge is 0.486 e. The molecule has 0 saturated heterocycles. The van der Waals surface area contributed by atoms with Gasteiger partial charge >= 0.3 is 0 Å². The van der Waals surface area contributed by atoms with Gasteiger partial charge in [0.05, 0.1) is 10.8 Å². The Morgan fingerprint density at radius 1 is 1.04 bits per heavy atom. The van der Waals surface area contributed by atoms with Crippen LogP contribution in [0.2, 0.25) is 0 Å². The van der Waals surface area contributed by atoms with Crippen LogP contribution in [0.15, 0.2) is 24.3 Å². The molecule has 1 aliphatic rings. The van der Waals surface area contributed by atoms with Crippen molar-refractivity contribution in [3.63, 3.8) is 0 Å². The first kappa shape index (κ1) is 18.4. The molecule has 0 bridgehead atoms. The predicted molar refractivity (Wildman–Crippen MR) is 104 cm³/mol. The van der Waals surface area contributed by atoms with Crippen molar-refractivity contribution in [1.29, 1.82) is 0 Å². The van der Waals surface area contributed by atoms with Crippen molar-refractivity contribution in [3.8, 4) is 5.75 Å². The molecule has 0 amide bonds. The van der Waals surface area contributed by atoms with Gasteiger partial charge in [0, 0.05) is 22.3 Å². The molecule has 1 heterocycles. The van der Waals surface area contributed by atoms with E-state index < -0.39 is 5.60 Å². The van der Waals surface area contributed by atoms with Crippen molar-refractivity contribution in [3.05, 3.63) is 67.8 Å². The highest BCUT2D eigenvalue weighted by atomic mass is 16.6. The number of ether oxygens (including phenoxy) is 1. The lowest BCUT2D eigenvalue weighted by Crippen LogP contribution is -2.31. The van der Waals surface area contributed by atoms with E-state index in [0.29, 0.717) is 11.5 Å². The summed E-state index contributed by atoms with van der Waals surface area (Å²) in [4.78, 5) is 11.4. The summed E-state index contributed by atoms with van der Waals surface area (Å²) in [6.45, 7) is 14.0. The van der Waals surface area contributed by atoms with E-state index in [0.717, 1.165) is 28.0 Å². The standard InChI is InChI=1S/C22H27NO3/c1-12(2)16-8-10-17(11-9-16)19-18-15(5)20(23(24)25)13(3)14(4)21(18)26-22(19,6)7/h8-12,19H,1-7H3. The van der Waals surface area contributed by atoms with Crippen LogP contribution in [-0.4, -0.2) is 10.5 Å². The van der Waals surface area contributed by atoms with E-state index in [1.807, 2.05) is 20.8 Å². The van der Waals surface area contributed by atoms with Gasteiger partial charge < -0.3 is 4.74 Å². The van der Waals surface area contributed by atoms with Crippen LogP contribution in [0.5, 0.6) is 5.75 Å². The maximum absolute atomic E-state index is 11.7. The molecule has 0 spiro atoms. The SMILES string of the molecule is Cc1c(C)c([N+](=O)[O-])c(C)c2c1OC(C)(C)C2c1ccc(C(C)C)cc1. The molecule has 3 rings (SSSR count). The third kappa shape index (κ3) is 2.68. The molecule has 1 aliphatic heterocycles. The summed E-state index contributed by atoms with van der Waals surface area (Å²) in [5.41, 5.74) is 5.42. The molecule has 4 nitrogen and oxygen atoms in total. The number of benzene rings is 2. The van der Waals surface area contributed by atoms with E-state index in [4.69, 9.17) is 4.74 Å². The van der Waals surface area contributed by atoms with Crippen molar-refractivity contribution in [2.45, 2.75) is 65.9 Å². The number of nitro groups is 1. The van der Waals surface area contributed by atoms with Crippen LogP contribution in [-0.2, 0) is 0 Å². The van der Waals surface area contributed by atoms with Gasteiger partial charge in [-0.15, -0.1) is 0 Å². The average molecular weight is 353 g/mol. The molecule has 138 valence electrons. The quantitative estimate of drug-likeness (QED) is 0.506. The molecule has 0 saturated carbocycles. The number of fused-ring (bicyclic) bond motifs is 1. The predicted octanol–water partition coefficient (Wildman–Crippen LogP) is 5.95. The van der Waals surface area contributed by atoms with Crippen LogP contribution in [0.25, 0.3) is 0 Å². The number of nitrogens with zero attached hydrogens (tertiary/aromatic N) is 1. The van der Waals surface area contributed by atoms with Crippen LogP contribution < -0.4 is 4.74 Å². The molecule has 2 aromatic rings. The van der Waals surface area contributed by atoms with Crippen molar-refractivity contribution >= 4 is 5.69 Å². The van der Waals surface area contributed by atoms with Gasteiger partial charge in [-0.2, -0.15) is 0 Å². The molecular weight excluding hydrogens is 326 g/mol. The van der Waals surface area contributed by atoms with E-state index in [9.17, 15) is 10.1 Å². The fourth-order valence-corrected chi connectivity index (χ4v) is 4.19. The molecule has 0 N–H and O–H groups in total. The van der Waals surface area contributed by atoms with Gasteiger partial charge in [-0.05, 0) is 51.7 Å². The summed E-state index contributed by atoms with van der Waals surface area (Å²) >= 11 is 0. The first-order valence-corrected chi connectivity index (χ1v) is 9.13. The summed E-state index contributed by atoms with van der Waals surface area (Å²) < 4.78 is 6.34. The number of hydrogen-bond acceptors (Lipinski definition) is 3. The Morgan fingerprint density at radius 2 is 1.62 bits per heavy atom. The molecule has 0 aromatic heterocycles. The minimum atomic E-state index is -0.459. The monoisotopic (exact) mass is 353 g/mol. The van der Waals surface area contributed by atoms with Crippen molar-refractivity contribution in [1.82, 2.24) is 0 Å². The van der Waals surface area contributed by atoms with Gasteiger partial charge in [-0.25, -0.2) is 0 Å². The third-order valence-electron chi connectivity index (χ3n) is 5.73. The minimum Gasteiger partial charge on any atom is -0.486 e. The summed E-state index contributed by atoms with van der Waals surface area (Å²) in [6, 6.07) is 8.58. The Hall–Kier alpha value is -2.36. The van der Waals surface area contributed by atoms with E-state index in [2.05, 4.69) is 52.0 Å². The Bertz CT molecular complexity index is 879. The van der Waals surface area contributed by atoms with Crippen LogP contribution in [0.4, 0.5) is 5.69 Å². The molecule has 4 heteroatoms. The van der Waals surface area contributed by atoms with Crippen LogP contribution in [0.1, 0.15) is 72.9 Å². The highest BCUT2D eigenvalue weighted by Crippen LogP contribution is 2.53. The molecule has 1 unspecified atom stereocenters. The van der Waals surface area contributed by atoms with Gasteiger partial charge in [0.2, 0.25) is 0 Å². The van der Waals surface area contributed by atoms with Crippen molar-refractivity contribution in [2.24, 2.45) is 0 Å². The fourth-order valence-electron chi connectivity index (χ4n) is 4.19. The van der Waals surface area contributed by atoms with Gasteiger partial charge in [0.25, 0.3) is 5.69 Å². The highest BCUT2D eigenvalue weighted by molar-refractivity contribution is 5.66. The Labute approximate surface area is 155 Å². The van der Waals surface area contributed by atoms with Crippen LogP contribution >= 0.6 is 0 Å². The molecular formula is C22H27NO3. The zero-order valence-electron chi connectivity index (χ0n) is 16.6. The smallest absolute Gasteiger partial charge is 0.276 e. The lowest BCUT2D eigenvalue weighted by Gasteiger charge is -2.27. The molecule has 0 radical (unpaired) electrons. The van der Waals surface area contributed by atoms with Crippen molar-refractivity contribution < 1.29 is 9.66 Å². The highest BCUT2D eigenvalue weighted by Gasteiger charge is 2.46. The Balaban J connectivity index is 2.25. The fraction of sp³-hybridized carbons (Fsp3) is 0.455. The number of rotatable bonds is 3. The van der Waals surface area contributed by atoms with E-state index in [1.165, 1.54) is 5.56 Å². The first-order chi connectivity index (χ1) is 12.1. The lowest BCUT2D eigenvalue weighted by molar-refractivity contribution is -0.386. The topological polar surface area (TPSA) is 52.4 Å². The number of nitro benzene ring substituents is 1. The maximum Gasteiger partial charge on any atom is 0.276 e. The maximum atomic E-state index is 11.7. The molecule has 0 aliphatic carbocycles. The average Bonchev–Trinajstić information content (AvgIpc) is 2.84. The summed E-state index contributed by atoms with van der Waals surface area (Å²) in [5, 5.41) is 11.7. The van der Waals surface area contributed by atoms with Crippen molar-refractivity contribution in [2.75, 3.05) is 0 Å². The normalized spacial score (nSPS) is 17.9. The van der Waals surface area contributed by atoms with Gasteiger partial charge in [-0.3, -0.25) is 10.1 Å². The summed E-state index contributed by atoms with van der Waals surface area (Å²) in [6.07, 6.45) is 0. The van der Waals surface area contributed by atoms with Gasteiger partial charge in [0.15, 0.2) is 0 Å². The second-order valence-corrected chi connectivity index (χ2v) is 8.18. The number of hydrogen-bond donors (Lipinski definition) is 0. The van der Waals surface area contributed by atoms with E-state index in [1.54, 1.807) is 0 Å². The zero-order chi connectivity index (χ0) is 19.4. The Kier molecular flexibility index (Phi) is 4.33. The van der Waals surface area contributed by atoms with Gasteiger partial charge in [0.1, 0.15) is 11.4 Å². The van der Waals surface area contributed by atoms with E-state index in [-0.39, 0.29) is 16.5 Å². The van der Waals surface area contributed by atoms with Crippen LogP contribution in [0, 0.1) is 30.9 Å².